The Morgan fingerprint density at radius 1 is 0.250 bits per heavy atom. The van der Waals surface area contributed by atoms with Gasteiger partial charge in [0.2, 0.25) is 0 Å². The average Bonchev–Trinajstić information content (AvgIpc) is 3.80. The molecule has 0 aliphatic carbocycles. The molecular weight excluding hydrogens is 679 g/mol. The lowest BCUT2D eigenvalue weighted by Gasteiger charge is -2.14. The van der Waals surface area contributed by atoms with E-state index in [1.807, 2.05) is 0 Å². The monoisotopic (exact) mass is 713 g/mol. The summed E-state index contributed by atoms with van der Waals surface area (Å²) in [7, 11) is 0. The predicted molar refractivity (Wildman–Crippen MR) is 235 cm³/mol. The van der Waals surface area contributed by atoms with Gasteiger partial charge in [-0.3, -0.25) is 0 Å². The van der Waals surface area contributed by atoms with Gasteiger partial charge in [0, 0.05) is 44.0 Å². The second kappa shape index (κ2) is 13.1. The van der Waals surface area contributed by atoms with Gasteiger partial charge in [-0.25, -0.2) is 4.98 Å². The highest BCUT2D eigenvalue weighted by Gasteiger charge is 2.16. The molecule has 11 rings (SSSR count). The maximum Gasteiger partial charge on any atom is 0.0716 e. The number of rotatable bonds is 6. The van der Waals surface area contributed by atoms with Crippen molar-refractivity contribution in [2.24, 2.45) is 0 Å². The van der Waals surface area contributed by atoms with Crippen molar-refractivity contribution in [3.8, 4) is 56.1 Å². The maximum absolute atomic E-state index is 5.42. The second-order valence-corrected chi connectivity index (χ2v) is 14.4. The lowest BCUT2D eigenvalue weighted by atomic mass is 9.97. The molecule has 56 heavy (non-hydrogen) atoms. The molecule has 0 aliphatic rings. The first-order valence-corrected chi connectivity index (χ1v) is 19.1. The van der Waals surface area contributed by atoms with E-state index < -0.39 is 0 Å². The highest BCUT2D eigenvalue weighted by atomic mass is 15.0. The summed E-state index contributed by atoms with van der Waals surface area (Å²) in [4.78, 5) is 5.42. The molecule has 0 atom stereocenters. The predicted octanol–water partition coefficient (Wildman–Crippen LogP) is 13.9. The Hall–Kier alpha value is -7.49. The molecule has 3 heterocycles. The van der Waals surface area contributed by atoms with Gasteiger partial charge in [-0.15, -0.1) is 0 Å². The number of benzene rings is 8. The van der Waals surface area contributed by atoms with Crippen LogP contribution >= 0.6 is 0 Å². The average molecular weight is 714 g/mol. The van der Waals surface area contributed by atoms with Crippen molar-refractivity contribution in [1.82, 2.24) is 14.1 Å². The highest BCUT2D eigenvalue weighted by molar-refractivity contribution is 6.10. The SMILES string of the molecule is c1ccc(-c2cccc(-c3cc(-c4cccc(-n5c6ccccc6c6ccccc65)c4)cc(-c4cccc(-n5c6ccccc6c6ccccc65)c4)n3)c2)cc1. The molecule has 0 bridgehead atoms. The van der Waals surface area contributed by atoms with Crippen LogP contribution in [-0.2, 0) is 0 Å². The summed E-state index contributed by atoms with van der Waals surface area (Å²) >= 11 is 0. The first-order valence-electron chi connectivity index (χ1n) is 19.1. The second-order valence-electron chi connectivity index (χ2n) is 14.4. The molecule has 3 nitrogen and oxygen atoms in total. The van der Waals surface area contributed by atoms with Crippen molar-refractivity contribution in [2.45, 2.75) is 0 Å². The van der Waals surface area contributed by atoms with E-state index in [0.717, 1.165) is 45.0 Å². The standard InChI is InChI=1S/C53H35N3/c1-2-15-36(16-3-1)37-17-12-19-39(31-37)48-34-41(38-18-13-21-42(32-38)55-50-27-8-4-23-44(50)45-24-5-9-28-51(45)55)35-49(54-48)40-20-14-22-43(33-40)56-52-29-10-6-25-46(52)47-26-7-11-30-53(47)56/h1-35H. The number of aromatic nitrogens is 3. The molecule has 0 saturated heterocycles. The van der Waals surface area contributed by atoms with Gasteiger partial charge in [0.15, 0.2) is 0 Å². The van der Waals surface area contributed by atoms with E-state index in [1.54, 1.807) is 0 Å². The Morgan fingerprint density at radius 3 is 1.11 bits per heavy atom. The molecule has 0 amide bonds. The zero-order valence-corrected chi connectivity index (χ0v) is 30.5. The summed E-state index contributed by atoms with van der Waals surface area (Å²) in [6, 6.07) is 76.2. The van der Waals surface area contributed by atoms with Gasteiger partial charge in [-0.2, -0.15) is 0 Å². The summed E-state index contributed by atoms with van der Waals surface area (Å²) in [5.41, 5.74) is 15.6. The van der Waals surface area contributed by atoms with E-state index in [0.29, 0.717) is 0 Å². The van der Waals surface area contributed by atoms with Gasteiger partial charge in [0.1, 0.15) is 0 Å². The molecule has 11 aromatic rings. The van der Waals surface area contributed by atoms with Gasteiger partial charge in [0.05, 0.1) is 33.5 Å². The number of hydrogen-bond acceptors (Lipinski definition) is 1. The van der Waals surface area contributed by atoms with Crippen molar-refractivity contribution in [3.05, 3.63) is 212 Å². The van der Waals surface area contributed by atoms with Crippen LogP contribution in [0.15, 0.2) is 212 Å². The molecule has 3 heteroatoms. The van der Waals surface area contributed by atoms with Crippen molar-refractivity contribution >= 4 is 43.6 Å². The molecule has 262 valence electrons. The zero-order chi connectivity index (χ0) is 37.0. The lowest BCUT2D eigenvalue weighted by Crippen LogP contribution is -1.97. The Bertz CT molecular complexity index is 2970. The van der Waals surface area contributed by atoms with E-state index in [4.69, 9.17) is 4.98 Å². The number of nitrogens with zero attached hydrogens (tertiary/aromatic N) is 3. The largest absolute Gasteiger partial charge is 0.309 e. The molecular formula is C53H35N3. The summed E-state index contributed by atoms with van der Waals surface area (Å²) in [5.74, 6) is 0. The van der Waals surface area contributed by atoms with Crippen LogP contribution in [0.2, 0.25) is 0 Å². The van der Waals surface area contributed by atoms with Gasteiger partial charge >= 0.3 is 0 Å². The van der Waals surface area contributed by atoms with Crippen LogP contribution in [0.4, 0.5) is 0 Å². The molecule has 0 saturated carbocycles. The fourth-order valence-electron chi connectivity index (χ4n) is 8.51. The highest BCUT2D eigenvalue weighted by Crippen LogP contribution is 2.37. The van der Waals surface area contributed by atoms with E-state index in [9.17, 15) is 0 Å². The molecule has 0 spiro atoms. The minimum atomic E-state index is 0.924. The molecule has 0 radical (unpaired) electrons. The van der Waals surface area contributed by atoms with Crippen molar-refractivity contribution in [3.63, 3.8) is 0 Å². The molecule has 8 aromatic carbocycles. The van der Waals surface area contributed by atoms with E-state index >= 15 is 0 Å². The van der Waals surface area contributed by atoms with Gasteiger partial charge in [0.25, 0.3) is 0 Å². The van der Waals surface area contributed by atoms with Crippen LogP contribution in [0.3, 0.4) is 0 Å². The smallest absolute Gasteiger partial charge is 0.0716 e. The van der Waals surface area contributed by atoms with E-state index in [2.05, 4.69) is 221 Å². The molecule has 0 aliphatic heterocycles. The fraction of sp³-hybridized carbons (Fsp3) is 0. The first kappa shape index (κ1) is 32.0. The van der Waals surface area contributed by atoms with Crippen molar-refractivity contribution < 1.29 is 0 Å². The van der Waals surface area contributed by atoms with Crippen molar-refractivity contribution in [1.29, 1.82) is 0 Å². The van der Waals surface area contributed by atoms with Gasteiger partial charge in [-0.1, -0.05) is 146 Å². The van der Waals surface area contributed by atoms with E-state index in [-0.39, 0.29) is 0 Å². The lowest BCUT2D eigenvalue weighted by molar-refractivity contribution is 1.18. The minimum absolute atomic E-state index is 0.924. The van der Waals surface area contributed by atoms with E-state index in [1.165, 1.54) is 54.7 Å². The number of hydrogen-bond donors (Lipinski definition) is 0. The third kappa shape index (κ3) is 5.32. The summed E-state index contributed by atoms with van der Waals surface area (Å²) in [6.07, 6.45) is 0. The molecule has 0 unspecified atom stereocenters. The Balaban J connectivity index is 1.10. The minimum Gasteiger partial charge on any atom is -0.309 e. The number of pyridine rings is 1. The summed E-state index contributed by atoms with van der Waals surface area (Å²) in [6.45, 7) is 0. The normalized spacial score (nSPS) is 11.6. The quantitative estimate of drug-likeness (QED) is 0.168. The van der Waals surface area contributed by atoms with Crippen LogP contribution < -0.4 is 0 Å². The van der Waals surface area contributed by atoms with Gasteiger partial charge < -0.3 is 9.13 Å². The zero-order valence-electron chi connectivity index (χ0n) is 30.5. The van der Waals surface area contributed by atoms with Crippen LogP contribution in [0, 0.1) is 0 Å². The molecule has 0 N–H and O–H groups in total. The van der Waals surface area contributed by atoms with Crippen molar-refractivity contribution in [2.75, 3.05) is 0 Å². The van der Waals surface area contributed by atoms with Crippen LogP contribution in [0.5, 0.6) is 0 Å². The van der Waals surface area contributed by atoms with Crippen LogP contribution in [0.25, 0.3) is 99.8 Å². The Morgan fingerprint density at radius 2 is 0.607 bits per heavy atom. The Labute approximate surface area is 325 Å². The number of para-hydroxylation sites is 4. The Kier molecular flexibility index (Phi) is 7.49. The topological polar surface area (TPSA) is 22.8 Å². The summed E-state index contributed by atoms with van der Waals surface area (Å²) < 4.78 is 4.76. The summed E-state index contributed by atoms with van der Waals surface area (Å²) in [5, 5.41) is 5.00. The number of fused-ring (bicyclic) bond motifs is 6. The first-order chi connectivity index (χ1) is 27.8. The molecule has 3 aromatic heterocycles. The maximum atomic E-state index is 5.42. The third-order valence-electron chi connectivity index (χ3n) is 11.1. The fourth-order valence-corrected chi connectivity index (χ4v) is 8.51. The third-order valence-corrected chi connectivity index (χ3v) is 11.1. The molecule has 0 fully saturated rings. The van der Waals surface area contributed by atoms with Crippen LogP contribution in [0.1, 0.15) is 0 Å². The van der Waals surface area contributed by atoms with Gasteiger partial charge in [-0.05, 0) is 89.0 Å². The van der Waals surface area contributed by atoms with Crippen LogP contribution in [-0.4, -0.2) is 14.1 Å².